The Hall–Kier alpha value is -1.49. The molecule has 0 saturated heterocycles. The predicted molar refractivity (Wildman–Crippen MR) is 50.4 cm³/mol. The van der Waals surface area contributed by atoms with Gasteiger partial charge in [0.25, 0.3) is 0 Å². The monoisotopic (exact) mass is 163 g/mol. The summed E-state index contributed by atoms with van der Waals surface area (Å²) in [5.74, 6) is 2.16. The van der Waals surface area contributed by atoms with Gasteiger partial charge in [-0.25, -0.2) is 0 Å². The van der Waals surface area contributed by atoms with E-state index in [9.17, 15) is 4.79 Å². The molecule has 0 fully saturated rings. The molecule has 0 rings (SSSR count). The first kappa shape index (κ1) is 10.5. The van der Waals surface area contributed by atoms with Gasteiger partial charge in [0.1, 0.15) is 0 Å². The number of rotatable bonds is 3. The molecule has 64 valence electrons. The van der Waals surface area contributed by atoms with Gasteiger partial charge in [0.15, 0.2) is 0 Å². The van der Waals surface area contributed by atoms with Crippen LogP contribution in [-0.4, -0.2) is 12.5 Å². The van der Waals surface area contributed by atoms with Gasteiger partial charge in [0, 0.05) is 6.08 Å². The first-order valence-corrected chi connectivity index (χ1v) is 3.73. The zero-order chi connectivity index (χ0) is 9.40. The lowest BCUT2D eigenvalue weighted by atomic mass is 10.2. The maximum Gasteiger partial charge on any atom is 0.244 e. The Balaban J connectivity index is 3.85. The van der Waals surface area contributed by atoms with Crippen LogP contribution >= 0.6 is 0 Å². The third-order valence-electron chi connectivity index (χ3n) is 1.32. The molecule has 1 amide bonds. The molecule has 1 N–H and O–H groups in total. The van der Waals surface area contributed by atoms with Crippen LogP contribution in [-0.2, 0) is 4.79 Å². The van der Waals surface area contributed by atoms with Crippen LogP contribution in [0.1, 0.15) is 13.8 Å². The van der Waals surface area contributed by atoms with Gasteiger partial charge in [-0.2, -0.15) is 0 Å². The van der Waals surface area contributed by atoms with Gasteiger partial charge in [0.05, 0.1) is 6.54 Å². The Morgan fingerprint density at radius 1 is 1.58 bits per heavy atom. The van der Waals surface area contributed by atoms with Crippen molar-refractivity contribution in [3.05, 3.63) is 23.8 Å². The molecule has 2 nitrogen and oxygen atoms in total. The van der Waals surface area contributed by atoms with Crippen molar-refractivity contribution >= 4 is 5.91 Å². The van der Waals surface area contributed by atoms with Crippen molar-refractivity contribution in [2.75, 3.05) is 6.54 Å². The molecule has 0 unspecified atom stereocenters. The summed E-state index contributed by atoms with van der Waals surface area (Å²) in [6.07, 6.45) is 10.1. The first-order chi connectivity index (χ1) is 5.70. The van der Waals surface area contributed by atoms with E-state index in [1.807, 2.05) is 19.9 Å². The molecule has 0 spiro atoms. The molecule has 2 heteroatoms. The van der Waals surface area contributed by atoms with Crippen LogP contribution in [0.2, 0.25) is 0 Å². The number of terminal acetylenes is 1. The summed E-state index contributed by atoms with van der Waals surface area (Å²) in [4.78, 5) is 10.9. The van der Waals surface area contributed by atoms with E-state index in [2.05, 4.69) is 11.2 Å². The van der Waals surface area contributed by atoms with E-state index in [1.54, 1.807) is 6.08 Å². The highest BCUT2D eigenvalue weighted by atomic mass is 16.1. The second kappa shape index (κ2) is 6.23. The quantitative estimate of drug-likeness (QED) is 0.379. The van der Waals surface area contributed by atoms with Crippen molar-refractivity contribution in [1.29, 1.82) is 0 Å². The molecule has 0 atom stereocenters. The van der Waals surface area contributed by atoms with Crippen LogP contribution in [0.4, 0.5) is 0 Å². The van der Waals surface area contributed by atoms with E-state index in [4.69, 9.17) is 6.42 Å². The molecule has 0 aromatic rings. The Labute approximate surface area is 73.4 Å². The van der Waals surface area contributed by atoms with Gasteiger partial charge >= 0.3 is 0 Å². The average Bonchev–Trinajstić information content (AvgIpc) is 2.10. The normalized spacial score (nSPS) is 11.2. The highest BCUT2D eigenvalue weighted by Crippen LogP contribution is 1.92. The minimum Gasteiger partial charge on any atom is -0.342 e. The van der Waals surface area contributed by atoms with Crippen molar-refractivity contribution in [3.63, 3.8) is 0 Å². The molecule has 12 heavy (non-hydrogen) atoms. The second-order valence-electron chi connectivity index (χ2n) is 2.29. The molecule has 0 aliphatic rings. The minimum atomic E-state index is -0.158. The van der Waals surface area contributed by atoms with Gasteiger partial charge in [-0.05, 0) is 13.8 Å². The lowest BCUT2D eigenvalue weighted by Gasteiger charge is -1.93. The maximum atomic E-state index is 10.9. The Morgan fingerprint density at radius 2 is 2.25 bits per heavy atom. The van der Waals surface area contributed by atoms with E-state index in [0.29, 0.717) is 0 Å². The van der Waals surface area contributed by atoms with Crippen LogP contribution in [0.5, 0.6) is 0 Å². The van der Waals surface area contributed by atoms with Crippen molar-refractivity contribution in [3.8, 4) is 12.3 Å². The first-order valence-electron chi connectivity index (χ1n) is 3.73. The minimum absolute atomic E-state index is 0.158. The Kier molecular flexibility index (Phi) is 5.46. The summed E-state index contributed by atoms with van der Waals surface area (Å²) < 4.78 is 0. The van der Waals surface area contributed by atoms with Gasteiger partial charge in [-0.15, -0.1) is 6.42 Å². The topological polar surface area (TPSA) is 29.1 Å². The highest BCUT2D eigenvalue weighted by Gasteiger charge is 1.89. The molecule has 0 aliphatic carbocycles. The van der Waals surface area contributed by atoms with Crippen LogP contribution in [0.25, 0.3) is 0 Å². The van der Waals surface area contributed by atoms with Gasteiger partial charge in [-0.1, -0.05) is 23.6 Å². The number of carbonyl (C=O) groups excluding carboxylic acids is 1. The summed E-state index contributed by atoms with van der Waals surface area (Å²) in [7, 11) is 0. The van der Waals surface area contributed by atoms with Crippen LogP contribution in [0.15, 0.2) is 23.8 Å². The number of carbonyl (C=O) groups is 1. The molecule has 0 bridgehead atoms. The standard InChI is InChI=1S/C10H13NO/c1-4-8-11-10(12)7-6-9(3)5-2/h1,5-7H,8H2,2-3H3,(H,11,12)/b7-6+,9-5-. The Bertz CT molecular complexity index is 243. The summed E-state index contributed by atoms with van der Waals surface area (Å²) >= 11 is 0. The SMILES string of the molecule is C#CCNC(=O)/C=C/C(C)=C\C. The fourth-order valence-electron chi connectivity index (χ4n) is 0.500. The largest absolute Gasteiger partial charge is 0.342 e. The van der Waals surface area contributed by atoms with Crippen LogP contribution in [0, 0.1) is 12.3 Å². The lowest BCUT2D eigenvalue weighted by Crippen LogP contribution is -2.20. The van der Waals surface area contributed by atoms with Crippen LogP contribution < -0.4 is 5.32 Å². The molecule has 0 saturated carbocycles. The van der Waals surface area contributed by atoms with Crippen LogP contribution in [0.3, 0.4) is 0 Å². The van der Waals surface area contributed by atoms with Crippen molar-refractivity contribution in [2.24, 2.45) is 0 Å². The molecule has 0 heterocycles. The van der Waals surface area contributed by atoms with Crippen molar-refractivity contribution in [1.82, 2.24) is 5.32 Å². The predicted octanol–water partition coefficient (Wildman–Crippen LogP) is 1.26. The maximum absolute atomic E-state index is 10.9. The van der Waals surface area contributed by atoms with Crippen molar-refractivity contribution < 1.29 is 4.79 Å². The smallest absolute Gasteiger partial charge is 0.244 e. The summed E-state index contributed by atoms with van der Waals surface area (Å²) in [6, 6.07) is 0. The van der Waals surface area contributed by atoms with E-state index >= 15 is 0 Å². The molecule has 0 aromatic heterocycles. The number of allylic oxidation sites excluding steroid dienone is 3. The highest BCUT2D eigenvalue weighted by molar-refractivity contribution is 5.88. The fraction of sp³-hybridized carbons (Fsp3) is 0.300. The number of amides is 1. The summed E-state index contributed by atoms with van der Waals surface area (Å²) in [5.41, 5.74) is 1.05. The zero-order valence-corrected chi connectivity index (χ0v) is 7.42. The third-order valence-corrected chi connectivity index (χ3v) is 1.32. The zero-order valence-electron chi connectivity index (χ0n) is 7.42. The van der Waals surface area contributed by atoms with Gasteiger partial charge in [-0.3, -0.25) is 4.79 Å². The van der Waals surface area contributed by atoms with E-state index in [0.717, 1.165) is 5.57 Å². The molecule has 0 aliphatic heterocycles. The number of hydrogen-bond acceptors (Lipinski definition) is 1. The second-order valence-corrected chi connectivity index (χ2v) is 2.29. The number of hydrogen-bond donors (Lipinski definition) is 1. The van der Waals surface area contributed by atoms with Gasteiger partial charge in [0.2, 0.25) is 5.91 Å². The summed E-state index contributed by atoms with van der Waals surface area (Å²) in [5, 5.41) is 2.52. The summed E-state index contributed by atoms with van der Waals surface area (Å²) in [6.45, 7) is 4.11. The average molecular weight is 163 g/mol. The van der Waals surface area contributed by atoms with E-state index in [-0.39, 0.29) is 12.5 Å². The third kappa shape index (κ3) is 5.31. The van der Waals surface area contributed by atoms with Gasteiger partial charge < -0.3 is 5.32 Å². The molecular weight excluding hydrogens is 150 g/mol. The fourth-order valence-corrected chi connectivity index (χ4v) is 0.500. The number of nitrogens with one attached hydrogen (secondary N) is 1. The molecule has 0 radical (unpaired) electrons. The van der Waals surface area contributed by atoms with E-state index in [1.165, 1.54) is 6.08 Å². The molecular formula is C10H13NO. The Morgan fingerprint density at radius 3 is 2.75 bits per heavy atom. The van der Waals surface area contributed by atoms with Crippen molar-refractivity contribution in [2.45, 2.75) is 13.8 Å². The lowest BCUT2D eigenvalue weighted by molar-refractivity contribution is -0.116. The molecule has 0 aromatic carbocycles. The van der Waals surface area contributed by atoms with E-state index < -0.39 is 0 Å².